The number of halogens is 3. The van der Waals surface area contributed by atoms with Crippen LogP contribution < -0.4 is 15.4 Å². The molecule has 28 heavy (non-hydrogen) atoms. The molecule has 1 atom stereocenters. The lowest BCUT2D eigenvalue weighted by atomic mass is 10.1. The molecule has 1 saturated heterocycles. The van der Waals surface area contributed by atoms with Gasteiger partial charge in [0.2, 0.25) is 0 Å². The lowest BCUT2D eigenvalue weighted by Crippen LogP contribution is -2.42. The summed E-state index contributed by atoms with van der Waals surface area (Å²) in [5.41, 5.74) is 2.09. The second-order valence-corrected chi connectivity index (χ2v) is 6.92. The van der Waals surface area contributed by atoms with Crippen LogP contribution in [0.3, 0.4) is 0 Å². The molecule has 0 radical (unpaired) electrons. The van der Waals surface area contributed by atoms with Gasteiger partial charge in [-0.15, -0.1) is 0 Å². The first-order chi connectivity index (χ1) is 13.3. The number of ether oxygens (including phenoxy) is 2. The zero-order chi connectivity index (χ0) is 20.6. The van der Waals surface area contributed by atoms with Crippen LogP contribution in [0.1, 0.15) is 17.5 Å². The number of alkyl halides is 3. The van der Waals surface area contributed by atoms with Gasteiger partial charge < -0.3 is 20.1 Å². The van der Waals surface area contributed by atoms with E-state index < -0.39 is 12.7 Å². The Hall–Kier alpha value is -2.00. The van der Waals surface area contributed by atoms with Gasteiger partial charge in [0.25, 0.3) is 0 Å². The van der Waals surface area contributed by atoms with Crippen LogP contribution >= 0.6 is 0 Å². The van der Waals surface area contributed by atoms with E-state index in [2.05, 4.69) is 15.6 Å². The smallest absolute Gasteiger partial charge is 0.401 e. The predicted octanol–water partition coefficient (Wildman–Crippen LogP) is 2.32. The lowest BCUT2D eigenvalue weighted by molar-refractivity contribution is -0.142. The van der Waals surface area contributed by atoms with E-state index in [0.717, 1.165) is 23.3 Å². The fourth-order valence-electron chi connectivity index (χ4n) is 2.85. The molecule has 0 aromatic heterocycles. The first-order valence-corrected chi connectivity index (χ1v) is 9.30. The van der Waals surface area contributed by atoms with Crippen LogP contribution in [-0.2, 0) is 11.3 Å². The number of aliphatic imine (C=N–C) groups is 1. The van der Waals surface area contributed by atoms with E-state index in [1.165, 1.54) is 11.9 Å². The minimum Gasteiger partial charge on any atom is -0.488 e. The summed E-state index contributed by atoms with van der Waals surface area (Å²) < 4.78 is 48.5. The van der Waals surface area contributed by atoms with Crippen molar-refractivity contribution in [1.29, 1.82) is 0 Å². The quantitative estimate of drug-likeness (QED) is 0.516. The van der Waals surface area contributed by atoms with E-state index in [1.807, 2.05) is 25.1 Å². The minimum absolute atomic E-state index is 0.0576. The number of nitrogens with zero attached hydrogens (tertiary/aromatic N) is 2. The summed E-state index contributed by atoms with van der Waals surface area (Å²) in [6.45, 7) is 3.46. The molecule has 0 aliphatic carbocycles. The number of benzene rings is 1. The van der Waals surface area contributed by atoms with Crippen LogP contribution in [0.25, 0.3) is 0 Å². The highest BCUT2D eigenvalue weighted by Crippen LogP contribution is 2.23. The Morgan fingerprint density at radius 1 is 1.36 bits per heavy atom. The maximum absolute atomic E-state index is 12.4. The average Bonchev–Trinajstić information content (AvgIpc) is 3.10. The molecule has 1 aromatic carbocycles. The Morgan fingerprint density at radius 3 is 2.79 bits per heavy atom. The normalized spacial score (nSPS) is 17.8. The third-order valence-electron chi connectivity index (χ3n) is 4.31. The number of aryl methyl sites for hydroxylation is 1. The molecule has 9 heteroatoms. The van der Waals surface area contributed by atoms with Crippen LogP contribution in [0.15, 0.2) is 23.2 Å². The molecule has 1 aromatic rings. The highest BCUT2D eigenvalue weighted by atomic mass is 19.4. The largest absolute Gasteiger partial charge is 0.488 e. The molecule has 0 spiro atoms. The van der Waals surface area contributed by atoms with Gasteiger partial charge in [0, 0.05) is 38.7 Å². The highest BCUT2D eigenvalue weighted by Gasteiger charge is 2.28. The monoisotopic (exact) mass is 402 g/mol. The van der Waals surface area contributed by atoms with Crippen LogP contribution in [0.2, 0.25) is 0 Å². The molecule has 1 unspecified atom stereocenters. The molecule has 6 nitrogen and oxygen atoms in total. The molecule has 1 heterocycles. The highest BCUT2D eigenvalue weighted by molar-refractivity contribution is 5.79. The molecule has 1 fully saturated rings. The lowest BCUT2D eigenvalue weighted by Gasteiger charge is -2.20. The molecule has 1 aliphatic rings. The van der Waals surface area contributed by atoms with Gasteiger partial charge in [0.1, 0.15) is 11.9 Å². The van der Waals surface area contributed by atoms with Crippen molar-refractivity contribution in [2.45, 2.75) is 32.2 Å². The summed E-state index contributed by atoms with van der Waals surface area (Å²) in [7, 11) is 3.06. The number of hydrogen-bond donors (Lipinski definition) is 2. The summed E-state index contributed by atoms with van der Waals surface area (Å²) in [5, 5.41) is 6.21. The fourth-order valence-corrected chi connectivity index (χ4v) is 2.85. The van der Waals surface area contributed by atoms with E-state index in [4.69, 9.17) is 9.47 Å². The average molecular weight is 402 g/mol. The number of likely N-dealkylation sites (N-methyl/N-ethyl adjacent to an activating group) is 1. The summed E-state index contributed by atoms with van der Waals surface area (Å²) in [6, 6.07) is 6.01. The third-order valence-corrected chi connectivity index (χ3v) is 4.31. The van der Waals surface area contributed by atoms with Crippen molar-refractivity contribution in [3.8, 4) is 5.75 Å². The molecule has 2 rings (SSSR count). The first-order valence-electron chi connectivity index (χ1n) is 9.30. The van der Waals surface area contributed by atoms with E-state index in [-0.39, 0.29) is 12.6 Å². The zero-order valence-electron chi connectivity index (χ0n) is 16.6. The van der Waals surface area contributed by atoms with E-state index in [1.54, 1.807) is 7.05 Å². The van der Waals surface area contributed by atoms with Crippen molar-refractivity contribution in [1.82, 2.24) is 15.5 Å². The van der Waals surface area contributed by atoms with Gasteiger partial charge in [-0.25, -0.2) is 0 Å². The van der Waals surface area contributed by atoms with Crippen LogP contribution in [0, 0.1) is 6.92 Å². The SMILES string of the molecule is CN=C(NCCN(C)CC(F)(F)F)NCc1ccc(C)cc1OC1CCOC1. The summed E-state index contributed by atoms with van der Waals surface area (Å²) in [6.07, 6.45) is -3.27. The standard InChI is InChI=1S/C19H29F3N4O2/c1-14-4-5-15(17(10-14)28-16-6-9-27-12-16)11-25-18(23-2)24-7-8-26(3)13-19(20,21)22/h4-5,10,16H,6-9,11-13H2,1-3H3,(H2,23,24,25). The van der Waals surface area contributed by atoms with Crippen molar-refractivity contribution in [3.63, 3.8) is 0 Å². The van der Waals surface area contributed by atoms with Gasteiger partial charge in [-0.2, -0.15) is 13.2 Å². The third kappa shape index (κ3) is 7.93. The molecular weight excluding hydrogens is 373 g/mol. The molecule has 0 amide bonds. The van der Waals surface area contributed by atoms with Gasteiger partial charge in [0.05, 0.1) is 19.8 Å². The van der Waals surface area contributed by atoms with Crippen molar-refractivity contribution >= 4 is 5.96 Å². The summed E-state index contributed by atoms with van der Waals surface area (Å²) >= 11 is 0. The molecule has 1 aliphatic heterocycles. The van der Waals surface area contributed by atoms with E-state index >= 15 is 0 Å². The number of nitrogens with one attached hydrogen (secondary N) is 2. The van der Waals surface area contributed by atoms with Crippen LogP contribution in [-0.4, -0.2) is 70.1 Å². The second-order valence-electron chi connectivity index (χ2n) is 6.92. The Morgan fingerprint density at radius 2 is 2.14 bits per heavy atom. The topological polar surface area (TPSA) is 58.1 Å². The number of hydrogen-bond acceptors (Lipinski definition) is 4. The summed E-state index contributed by atoms with van der Waals surface area (Å²) in [5.74, 6) is 1.33. The number of rotatable bonds is 8. The molecule has 2 N–H and O–H groups in total. The Labute approximate surface area is 164 Å². The van der Waals surface area contributed by atoms with Gasteiger partial charge in [-0.3, -0.25) is 9.89 Å². The van der Waals surface area contributed by atoms with Gasteiger partial charge in [0.15, 0.2) is 5.96 Å². The first kappa shape index (κ1) is 22.3. The van der Waals surface area contributed by atoms with Crippen molar-refractivity contribution < 1.29 is 22.6 Å². The summed E-state index contributed by atoms with van der Waals surface area (Å²) in [4.78, 5) is 5.34. The number of guanidine groups is 1. The van der Waals surface area contributed by atoms with Gasteiger partial charge in [-0.05, 0) is 25.6 Å². The Kier molecular flexibility index (Phi) is 8.37. The van der Waals surface area contributed by atoms with Crippen molar-refractivity contribution in [2.24, 2.45) is 4.99 Å². The van der Waals surface area contributed by atoms with Gasteiger partial charge in [-0.1, -0.05) is 12.1 Å². The maximum atomic E-state index is 12.4. The van der Waals surface area contributed by atoms with E-state index in [9.17, 15) is 13.2 Å². The molecule has 0 saturated carbocycles. The van der Waals surface area contributed by atoms with Gasteiger partial charge >= 0.3 is 6.18 Å². The zero-order valence-corrected chi connectivity index (χ0v) is 16.6. The second kappa shape index (κ2) is 10.5. The van der Waals surface area contributed by atoms with Crippen LogP contribution in [0.4, 0.5) is 13.2 Å². The molecular formula is C19H29F3N4O2. The Balaban J connectivity index is 1.84. The predicted molar refractivity (Wildman–Crippen MR) is 103 cm³/mol. The minimum atomic E-state index is -4.19. The molecule has 158 valence electrons. The molecule has 0 bridgehead atoms. The van der Waals surface area contributed by atoms with Crippen LogP contribution in [0.5, 0.6) is 5.75 Å². The maximum Gasteiger partial charge on any atom is 0.401 e. The Bertz CT molecular complexity index is 647. The van der Waals surface area contributed by atoms with Crippen molar-refractivity contribution in [2.75, 3.05) is 46.9 Å². The fraction of sp³-hybridized carbons (Fsp3) is 0.632. The van der Waals surface area contributed by atoms with Crippen molar-refractivity contribution in [3.05, 3.63) is 29.3 Å². The van der Waals surface area contributed by atoms with E-state index in [0.29, 0.717) is 32.3 Å².